The van der Waals surface area contributed by atoms with Gasteiger partial charge in [0.15, 0.2) is 5.76 Å². The smallest absolute Gasteiger partial charge is 0.291 e. The molecule has 10 heteroatoms. The normalized spacial score (nSPS) is 11.0. The van der Waals surface area contributed by atoms with Crippen molar-refractivity contribution in [3.63, 3.8) is 0 Å². The van der Waals surface area contributed by atoms with E-state index in [0.29, 0.717) is 33.9 Å². The van der Waals surface area contributed by atoms with Gasteiger partial charge in [-0.15, -0.1) is 0 Å². The molecule has 0 unspecified atom stereocenters. The van der Waals surface area contributed by atoms with Crippen LogP contribution in [0.2, 0.25) is 10.0 Å². The minimum Gasteiger partial charge on any atom is -0.486 e. The molecule has 0 fully saturated rings. The summed E-state index contributed by atoms with van der Waals surface area (Å²) in [6, 6.07) is 8.70. The van der Waals surface area contributed by atoms with Crippen LogP contribution in [0.3, 0.4) is 0 Å². The summed E-state index contributed by atoms with van der Waals surface area (Å²) < 4.78 is 14.7. The summed E-state index contributed by atoms with van der Waals surface area (Å²) in [5, 5.41) is 12.7. The Kier molecular flexibility index (Phi) is 6.25. The largest absolute Gasteiger partial charge is 0.486 e. The maximum Gasteiger partial charge on any atom is 0.291 e. The molecule has 0 atom stereocenters. The SMILES string of the molecule is Cc1cc(OCc2ccc(C(=O)Nc3cnn(Cn4nc(C)c(Cl)c4C)c3)o2)ccc1Cl. The highest BCUT2D eigenvalue weighted by Crippen LogP contribution is 2.22. The number of benzene rings is 1. The van der Waals surface area contributed by atoms with Crippen LogP contribution in [-0.2, 0) is 13.3 Å². The van der Waals surface area contributed by atoms with Crippen LogP contribution in [0, 0.1) is 20.8 Å². The van der Waals surface area contributed by atoms with Crippen molar-refractivity contribution in [3.8, 4) is 5.75 Å². The fourth-order valence-corrected chi connectivity index (χ4v) is 3.34. The van der Waals surface area contributed by atoms with Crippen molar-refractivity contribution in [2.45, 2.75) is 34.0 Å². The molecule has 0 aliphatic carbocycles. The molecule has 4 aromatic rings. The van der Waals surface area contributed by atoms with Gasteiger partial charge in [0.25, 0.3) is 5.91 Å². The van der Waals surface area contributed by atoms with Crippen LogP contribution in [0.15, 0.2) is 47.1 Å². The minimum atomic E-state index is -0.382. The number of nitrogens with one attached hydrogen (secondary N) is 1. The number of carbonyl (C=O) groups is 1. The average molecular weight is 474 g/mol. The standard InChI is InChI=1S/C22H21Cl2N5O3/c1-13-8-17(4-6-19(13)23)31-11-18-5-7-20(32-18)22(30)26-16-9-25-28(10-16)12-29-15(3)21(24)14(2)27-29/h4-10H,11-12H2,1-3H3,(H,26,30). The van der Waals surface area contributed by atoms with Gasteiger partial charge in [-0.2, -0.15) is 10.2 Å². The van der Waals surface area contributed by atoms with Gasteiger partial charge in [-0.3, -0.25) is 4.79 Å². The predicted molar refractivity (Wildman–Crippen MR) is 122 cm³/mol. The predicted octanol–water partition coefficient (Wildman–Crippen LogP) is 5.24. The lowest BCUT2D eigenvalue weighted by Gasteiger charge is -2.06. The van der Waals surface area contributed by atoms with Crippen molar-refractivity contribution >= 4 is 34.8 Å². The van der Waals surface area contributed by atoms with E-state index in [9.17, 15) is 4.79 Å². The first-order valence-electron chi connectivity index (χ1n) is 9.81. The van der Waals surface area contributed by atoms with Crippen molar-refractivity contribution < 1.29 is 13.9 Å². The van der Waals surface area contributed by atoms with Crippen LogP contribution in [0.5, 0.6) is 5.75 Å². The lowest BCUT2D eigenvalue weighted by atomic mass is 10.2. The van der Waals surface area contributed by atoms with Crippen molar-refractivity contribution in [2.75, 3.05) is 5.32 Å². The van der Waals surface area contributed by atoms with E-state index in [1.807, 2.05) is 26.8 Å². The minimum absolute atomic E-state index is 0.175. The molecule has 32 heavy (non-hydrogen) atoms. The van der Waals surface area contributed by atoms with E-state index >= 15 is 0 Å². The highest BCUT2D eigenvalue weighted by molar-refractivity contribution is 6.32. The zero-order chi connectivity index (χ0) is 22.8. The number of ether oxygens (including phenoxy) is 1. The van der Waals surface area contributed by atoms with E-state index in [1.165, 1.54) is 0 Å². The third kappa shape index (κ3) is 4.81. The number of halogens is 2. The van der Waals surface area contributed by atoms with Gasteiger partial charge in [0.2, 0.25) is 0 Å². The Labute approximate surface area is 194 Å². The molecule has 4 rings (SSSR count). The number of furan rings is 1. The number of amides is 1. The number of hydrogen-bond acceptors (Lipinski definition) is 5. The molecule has 3 aromatic heterocycles. The highest BCUT2D eigenvalue weighted by Gasteiger charge is 2.14. The monoisotopic (exact) mass is 473 g/mol. The van der Waals surface area contributed by atoms with E-state index in [1.54, 1.807) is 46.0 Å². The second-order valence-corrected chi connectivity index (χ2v) is 8.10. The van der Waals surface area contributed by atoms with Gasteiger partial charge in [-0.05, 0) is 56.7 Å². The van der Waals surface area contributed by atoms with E-state index in [4.69, 9.17) is 32.4 Å². The summed E-state index contributed by atoms with van der Waals surface area (Å²) >= 11 is 12.2. The first-order chi connectivity index (χ1) is 15.3. The second kappa shape index (κ2) is 9.10. The quantitative estimate of drug-likeness (QED) is 0.396. The Balaban J connectivity index is 1.35. The molecule has 0 aliphatic heterocycles. The number of aromatic nitrogens is 4. The summed E-state index contributed by atoms with van der Waals surface area (Å²) in [6.45, 7) is 6.21. The highest BCUT2D eigenvalue weighted by atomic mass is 35.5. The Bertz CT molecular complexity index is 1270. The van der Waals surface area contributed by atoms with Gasteiger partial charge in [0.1, 0.15) is 24.8 Å². The van der Waals surface area contributed by atoms with Gasteiger partial charge in [-0.1, -0.05) is 23.2 Å². The molecule has 0 spiro atoms. The molecular weight excluding hydrogens is 453 g/mol. The molecule has 0 saturated carbocycles. The first-order valence-corrected chi connectivity index (χ1v) is 10.6. The van der Waals surface area contributed by atoms with Crippen LogP contribution in [0.4, 0.5) is 5.69 Å². The van der Waals surface area contributed by atoms with Gasteiger partial charge in [-0.25, -0.2) is 9.36 Å². The van der Waals surface area contributed by atoms with Crippen LogP contribution in [-0.4, -0.2) is 25.5 Å². The van der Waals surface area contributed by atoms with E-state index < -0.39 is 0 Å². The van der Waals surface area contributed by atoms with Crippen LogP contribution in [0.1, 0.15) is 33.3 Å². The summed E-state index contributed by atoms with van der Waals surface area (Å²) in [7, 11) is 0. The maximum atomic E-state index is 12.5. The molecule has 0 bridgehead atoms. The summed E-state index contributed by atoms with van der Waals surface area (Å²) in [4.78, 5) is 12.5. The lowest BCUT2D eigenvalue weighted by molar-refractivity contribution is 0.0992. The van der Waals surface area contributed by atoms with Crippen LogP contribution < -0.4 is 10.1 Å². The average Bonchev–Trinajstić information content (AvgIpc) is 3.47. The second-order valence-electron chi connectivity index (χ2n) is 7.31. The van der Waals surface area contributed by atoms with Crippen LogP contribution in [0.25, 0.3) is 0 Å². The maximum absolute atomic E-state index is 12.5. The number of carbonyl (C=O) groups excluding carboxylic acids is 1. The lowest BCUT2D eigenvalue weighted by Crippen LogP contribution is -2.12. The van der Waals surface area contributed by atoms with Gasteiger partial charge < -0.3 is 14.5 Å². The number of aryl methyl sites for hydroxylation is 2. The number of nitrogens with zero attached hydrogens (tertiary/aromatic N) is 4. The van der Waals surface area contributed by atoms with E-state index in [2.05, 4.69) is 15.5 Å². The zero-order valence-corrected chi connectivity index (χ0v) is 19.2. The van der Waals surface area contributed by atoms with Gasteiger partial charge in [0, 0.05) is 5.02 Å². The molecule has 3 heterocycles. The Morgan fingerprint density at radius 3 is 2.72 bits per heavy atom. The molecule has 8 nitrogen and oxygen atoms in total. The molecule has 1 N–H and O–H groups in total. The summed E-state index contributed by atoms with van der Waals surface area (Å²) in [5.74, 6) is 0.992. The Hall–Kier alpha value is -3.23. The summed E-state index contributed by atoms with van der Waals surface area (Å²) in [5.41, 5.74) is 3.07. The first kappa shape index (κ1) is 22.0. The van der Waals surface area contributed by atoms with E-state index in [-0.39, 0.29) is 18.3 Å². The zero-order valence-electron chi connectivity index (χ0n) is 17.7. The number of rotatable bonds is 7. The molecule has 0 radical (unpaired) electrons. The third-order valence-electron chi connectivity index (χ3n) is 4.86. The van der Waals surface area contributed by atoms with Gasteiger partial charge in [0.05, 0.1) is 34.5 Å². The van der Waals surface area contributed by atoms with E-state index in [0.717, 1.165) is 17.0 Å². The number of hydrogen-bond donors (Lipinski definition) is 1. The van der Waals surface area contributed by atoms with Crippen molar-refractivity contribution in [1.29, 1.82) is 0 Å². The molecule has 166 valence electrons. The summed E-state index contributed by atoms with van der Waals surface area (Å²) in [6.07, 6.45) is 3.26. The van der Waals surface area contributed by atoms with Crippen molar-refractivity contribution in [1.82, 2.24) is 19.6 Å². The Morgan fingerprint density at radius 2 is 2.00 bits per heavy atom. The molecule has 1 amide bonds. The van der Waals surface area contributed by atoms with Gasteiger partial charge >= 0.3 is 0 Å². The van der Waals surface area contributed by atoms with Crippen molar-refractivity contribution in [2.24, 2.45) is 0 Å². The molecule has 1 aromatic carbocycles. The number of anilines is 1. The van der Waals surface area contributed by atoms with Crippen LogP contribution >= 0.6 is 23.2 Å². The molecular formula is C22H21Cl2N5O3. The Morgan fingerprint density at radius 1 is 1.19 bits per heavy atom. The van der Waals surface area contributed by atoms with Crippen molar-refractivity contribution in [3.05, 3.63) is 81.2 Å². The topological polar surface area (TPSA) is 87.1 Å². The molecule has 0 aliphatic rings. The fraction of sp³-hybridized carbons (Fsp3) is 0.227. The molecule has 0 saturated heterocycles. The fourth-order valence-electron chi connectivity index (χ4n) is 3.09. The third-order valence-corrected chi connectivity index (χ3v) is 5.83.